The van der Waals surface area contributed by atoms with Crippen molar-refractivity contribution >= 4 is 22.4 Å². The molecule has 0 saturated heterocycles. The number of aryl methyl sites for hydroxylation is 1. The molecular formula is C19H18N2O3. The predicted molar refractivity (Wildman–Crippen MR) is 94.9 cm³/mol. The molecule has 1 aromatic heterocycles. The van der Waals surface area contributed by atoms with Crippen LogP contribution in [0, 0.1) is 6.92 Å². The van der Waals surface area contributed by atoms with E-state index in [0.29, 0.717) is 17.7 Å². The summed E-state index contributed by atoms with van der Waals surface area (Å²) < 4.78 is 5.48. The van der Waals surface area contributed by atoms with Crippen LogP contribution in [0.4, 0.5) is 5.69 Å². The summed E-state index contributed by atoms with van der Waals surface area (Å²) in [6.07, 6.45) is 0. The molecule has 3 rings (SSSR count). The van der Waals surface area contributed by atoms with Gasteiger partial charge in [0, 0.05) is 11.1 Å². The highest BCUT2D eigenvalue weighted by Crippen LogP contribution is 2.22. The number of anilines is 1. The predicted octanol–water partition coefficient (Wildman–Crippen LogP) is 3.49. The third kappa shape index (κ3) is 3.15. The van der Waals surface area contributed by atoms with E-state index in [4.69, 9.17) is 4.74 Å². The second kappa shape index (κ2) is 6.58. The zero-order valence-corrected chi connectivity index (χ0v) is 13.6. The zero-order chi connectivity index (χ0) is 17.1. The van der Waals surface area contributed by atoms with Crippen molar-refractivity contribution < 1.29 is 9.53 Å². The van der Waals surface area contributed by atoms with E-state index in [-0.39, 0.29) is 17.2 Å². The number of hydrogen-bond acceptors (Lipinski definition) is 3. The summed E-state index contributed by atoms with van der Waals surface area (Å²) in [5.74, 6) is 0.427. The topological polar surface area (TPSA) is 71.2 Å². The third-order valence-corrected chi connectivity index (χ3v) is 3.73. The SMILES string of the molecule is CCOc1ccc(NC(=O)c2cc3ccccc3c(=O)[nH]2)cc1C. The standard InChI is InChI=1S/C19H18N2O3/c1-3-24-17-9-8-14(10-12(17)2)20-19(23)16-11-13-6-4-5-7-15(13)18(22)21-16/h4-11H,3H2,1-2H3,(H,20,23)(H,21,22). The maximum absolute atomic E-state index is 12.4. The normalized spacial score (nSPS) is 10.6. The molecule has 0 fully saturated rings. The third-order valence-electron chi connectivity index (χ3n) is 3.73. The number of carbonyl (C=O) groups is 1. The van der Waals surface area contributed by atoms with Gasteiger partial charge in [0.2, 0.25) is 0 Å². The van der Waals surface area contributed by atoms with Crippen molar-refractivity contribution in [2.45, 2.75) is 13.8 Å². The average Bonchev–Trinajstić information content (AvgIpc) is 2.57. The summed E-state index contributed by atoms with van der Waals surface area (Å²) in [6, 6.07) is 14.3. The highest BCUT2D eigenvalue weighted by molar-refractivity contribution is 6.04. The number of rotatable bonds is 4. The molecule has 2 aromatic carbocycles. The van der Waals surface area contributed by atoms with Gasteiger partial charge in [0.1, 0.15) is 11.4 Å². The number of H-pyrrole nitrogens is 1. The first kappa shape index (κ1) is 15.8. The van der Waals surface area contributed by atoms with E-state index in [9.17, 15) is 9.59 Å². The first-order valence-electron chi connectivity index (χ1n) is 7.75. The van der Waals surface area contributed by atoms with Crippen molar-refractivity contribution in [1.82, 2.24) is 4.98 Å². The number of pyridine rings is 1. The van der Waals surface area contributed by atoms with Crippen molar-refractivity contribution in [1.29, 1.82) is 0 Å². The van der Waals surface area contributed by atoms with Crippen LogP contribution in [-0.2, 0) is 0 Å². The molecule has 3 aromatic rings. The molecule has 2 N–H and O–H groups in total. The fourth-order valence-corrected chi connectivity index (χ4v) is 2.58. The Bertz CT molecular complexity index is 960. The lowest BCUT2D eigenvalue weighted by Crippen LogP contribution is -2.19. The van der Waals surface area contributed by atoms with E-state index >= 15 is 0 Å². The fraction of sp³-hybridized carbons (Fsp3) is 0.158. The minimum atomic E-state index is -0.360. The molecule has 1 amide bonds. The van der Waals surface area contributed by atoms with Gasteiger partial charge in [-0.25, -0.2) is 0 Å². The summed E-state index contributed by atoms with van der Waals surface area (Å²) in [4.78, 5) is 27.1. The molecule has 0 atom stereocenters. The van der Waals surface area contributed by atoms with Crippen LogP contribution < -0.4 is 15.6 Å². The molecule has 5 heteroatoms. The fourth-order valence-electron chi connectivity index (χ4n) is 2.58. The maximum atomic E-state index is 12.4. The van der Waals surface area contributed by atoms with Crippen molar-refractivity contribution in [3.8, 4) is 5.75 Å². The van der Waals surface area contributed by atoms with E-state index in [2.05, 4.69) is 10.3 Å². The van der Waals surface area contributed by atoms with Gasteiger partial charge in [0.25, 0.3) is 11.5 Å². The Balaban J connectivity index is 1.87. The quantitative estimate of drug-likeness (QED) is 0.772. The van der Waals surface area contributed by atoms with Crippen molar-refractivity contribution in [2.75, 3.05) is 11.9 Å². The lowest BCUT2D eigenvalue weighted by Gasteiger charge is -2.10. The van der Waals surface area contributed by atoms with Gasteiger partial charge in [0.15, 0.2) is 0 Å². The zero-order valence-electron chi connectivity index (χ0n) is 13.6. The largest absolute Gasteiger partial charge is 0.494 e. The Morgan fingerprint density at radius 1 is 1.17 bits per heavy atom. The van der Waals surface area contributed by atoms with Gasteiger partial charge in [-0.1, -0.05) is 18.2 Å². The molecule has 5 nitrogen and oxygen atoms in total. The van der Waals surface area contributed by atoms with E-state index < -0.39 is 0 Å². The molecule has 122 valence electrons. The number of fused-ring (bicyclic) bond motifs is 1. The second-order valence-corrected chi connectivity index (χ2v) is 5.47. The minimum absolute atomic E-state index is 0.227. The first-order valence-corrected chi connectivity index (χ1v) is 7.75. The first-order chi connectivity index (χ1) is 11.6. The molecule has 0 aliphatic rings. The minimum Gasteiger partial charge on any atom is -0.494 e. The lowest BCUT2D eigenvalue weighted by molar-refractivity contribution is 0.102. The number of ether oxygens (including phenoxy) is 1. The number of carbonyl (C=O) groups excluding carboxylic acids is 1. The number of benzene rings is 2. The monoisotopic (exact) mass is 322 g/mol. The van der Waals surface area contributed by atoms with Gasteiger partial charge in [0.05, 0.1) is 6.61 Å². The molecule has 1 heterocycles. The molecule has 0 unspecified atom stereocenters. The van der Waals surface area contributed by atoms with Crippen LogP contribution >= 0.6 is 0 Å². The Labute approximate surface area is 139 Å². The van der Waals surface area contributed by atoms with Crippen LogP contribution in [0.2, 0.25) is 0 Å². The van der Waals surface area contributed by atoms with E-state index in [1.807, 2.05) is 38.1 Å². The van der Waals surface area contributed by atoms with Crippen LogP contribution in [0.3, 0.4) is 0 Å². The van der Waals surface area contributed by atoms with Crippen LogP contribution in [-0.4, -0.2) is 17.5 Å². The van der Waals surface area contributed by atoms with Crippen molar-refractivity contribution in [3.63, 3.8) is 0 Å². The highest BCUT2D eigenvalue weighted by atomic mass is 16.5. The summed E-state index contributed by atoms with van der Waals surface area (Å²) >= 11 is 0. The van der Waals surface area contributed by atoms with Crippen LogP contribution in [0.15, 0.2) is 53.3 Å². The summed E-state index contributed by atoms with van der Waals surface area (Å²) in [7, 11) is 0. The van der Waals surface area contributed by atoms with Gasteiger partial charge in [-0.05, 0) is 55.1 Å². The van der Waals surface area contributed by atoms with Crippen LogP contribution in [0.25, 0.3) is 10.8 Å². The molecule has 0 bridgehead atoms. The molecule has 0 saturated carbocycles. The van der Waals surface area contributed by atoms with Crippen LogP contribution in [0.1, 0.15) is 23.0 Å². The summed E-state index contributed by atoms with van der Waals surface area (Å²) in [5.41, 5.74) is 1.53. The van der Waals surface area contributed by atoms with E-state index in [0.717, 1.165) is 16.7 Å². The molecule has 0 aliphatic carbocycles. The second-order valence-electron chi connectivity index (χ2n) is 5.47. The number of aromatic nitrogens is 1. The Morgan fingerprint density at radius 2 is 1.96 bits per heavy atom. The van der Waals surface area contributed by atoms with E-state index in [1.165, 1.54) is 0 Å². The highest BCUT2D eigenvalue weighted by Gasteiger charge is 2.10. The van der Waals surface area contributed by atoms with E-state index in [1.54, 1.807) is 24.3 Å². The van der Waals surface area contributed by atoms with Crippen molar-refractivity contribution in [2.24, 2.45) is 0 Å². The average molecular weight is 322 g/mol. The van der Waals surface area contributed by atoms with Crippen molar-refractivity contribution in [3.05, 3.63) is 70.1 Å². The molecule has 24 heavy (non-hydrogen) atoms. The Hall–Kier alpha value is -3.08. The van der Waals surface area contributed by atoms with Gasteiger partial charge < -0.3 is 15.0 Å². The van der Waals surface area contributed by atoms with Gasteiger partial charge in [-0.15, -0.1) is 0 Å². The molecule has 0 aliphatic heterocycles. The van der Waals surface area contributed by atoms with Crippen LogP contribution in [0.5, 0.6) is 5.75 Å². The smallest absolute Gasteiger partial charge is 0.272 e. The maximum Gasteiger partial charge on any atom is 0.272 e. The summed E-state index contributed by atoms with van der Waals surface area (Å²) in [5, 5.41) is 4.09. The number of hydrogen-bond donors (Lipinski definition) is 2. The summed E-state index contributed by atoms with van der Waals surface area (Å²) in [6.45, 7) is 4.43. The Morgan fingerprint density at radius 3 is 2.71 bits per heavy atom. The number of nitrogens with one attached hydrogen (secondary N) is 2. The van der Waals surface area contributed by atoms with Gasteiger partial charge in [-0.2, -0.15) is 0 Å². The lowest BCUT2D eigenvalue weighted by atomic mass is 10.1. The number of aromatic amines is 1. The Kier molecular flexibility index (Phi) is 4.33. The molecular weight excluding hydrogens is 304 g/mol. The number of amides is 1. The molecule has 0 radical (unpaired) electrons. The molecule has 0 spiro atoms. The van der Waals surface area contributed by atoms with Gasteiger partial charge in [-0.3, -0.25) is 9.59 Å². The van der Waals surface area contributed by atoms with Gasteiger partial charge >= 0.3 is 0 Å².